The van der Waals surface area contributed by atoms with Crippen LogP contribution in [0.3, 0.4) is 0 Å². The zero-order valence-electron chi connectivity index (χ0n) is 14.3. The van der Waals surface area contributed by atoms with Crippen molar-refractivity contribution in [2.75, 3.05) is 11.9 Å². The van der Waals surface area contributed by atoms with Crippen LogP contribution in [0.15, 0.2) is 51.5 Å². The van der Waals surface area contributed by atoms with Crippen molar-refractivity contribution in [1.82, 2.24) is 15.5 Å². The maximum Gasteiger partial charge on any atom is 0.246 e. The van der Waals surface area contributed by atoms with Crippen molar-refractivity contribution >= 4 is 38.9 Å². The number of thiocarbonyl (C=S) groups is 1. The quantitative estimate of drug-likeness (QED) is 0.534. The van der Waals surface area contributed by atoms with Crippen molar-refractivity contribution in [3.63, 3.8) is 0 Å². The minimum atomic E-state index is -0.413. The van der Waals surface area contributed by atoms with Gasteiger partial charge in [-0.25, -0.2) is 4.39 Å². The number of nitrogens with one attached hydrogen (secondary N) is 2. The smallest absolute Gasteiger partial charge is 0.246 e. The molecule has 0 fully saturated rings. The van der Waals surface area contributed by atoms with E-state index >= 15 is 0 Å². The van der Waals surface area contributed by atoms with Crippen molar-refractivity contribution in [1.29, 1.82) is 0 Å². The van der Waals surface area contributed by atoms with E-state index in [-0.39, 0.29) is 17.3 Å². The summed E-state index contributed by atoms with van der Waals surface area (Å²) in [6.45, 7) is 2.75. The molecule has 2 aromatic carbocycles. The van der Waals surface area contributed by atoms with E-state index in [4.69, 9.17) is 21.5 Å². The Morgan fingerprint density at radius 1 is 1.26 bits per heavy atom. The molecular weight excluding hydrogens is 435 g/mol. The van der Waals surface area contributed by atoms with Gasteiger partial charge in [-0.15, -0.1) is 0 Å². The highest BCUT2D eigenvalue weighted by molar-refractivity contribution is 9.10. The number of rotatable bonds is 6. The van der Waals surface area contributed by atoms with Gasteiger partial charge in [0.05, 0.1) is 18.8 Å². The molecule has 0 aliphatic heterocycles. The zero-order valence-corrected chi connectivity index (χ0v) is 16.7. The molecule has 27 heavy (non-hydrogen) atoms. The van der Waals surface area contributed by atoms with Gasteiger partial charge in [0.2, 0.25) is 11.7 Å². The lowest BCUT2D eigenvalue weighted by Gasteiger charge is -2.09. The lowest BCUT2D eigenvalue weighted by molar-refractivity contribution is 0.340. The van der Waals surface area contributed by atoms with Crippen molar-refractivity contribution < 1.29 is 13.7 Å². The summed E-state index contributed by atoms with van der Waals surface area (Å²) in [6, 6.07) is 12.1. The Balaban J connectivity index is 1.56. The van der Waals surface area contributed by atoms with Gasteiger partial charge in [-0.05, 0) is 61.6 Å². The number of ether oxygens (including phenoxy) is 1. The van der Waals surface area contributed by atoms with Crippen LogP contribution in [-0.2, 0) is 6.54 Å². The van der Waals surface area contributed by atoms with Crippen LogP contribution in [0.25, 0.3) is 11.4 Å². The van der Waals surface area contributed by atoms with E-state index in [0.717, 1.165) is 11.3 Å². The van der Waals surface area contributed by atoms with Gasteiger partial charge in [-0.3, -0.25) is 0 Å². The van der Waals surface area contributed by atoms with E-state index in [1.165, 1.54) is 6.07 Å². The molecule has 0 aliphatic rings. The van der Waals surface area contributed by atoms with Gasteiger partial charge in [0.1, 0.15) is 11.6 Å². The highest BCUT2D eigenvalue weighted by Crippen LogP contribution is 2.21. The Bertz CT molecular complexity index is 933. The highest BCUT2D eigenvalue weighted by Gasteiger charge is 2.10. The number of benzene rings is 2. The standard InChI is InChI=1S/C18H16BrFN4O2S/c1-2-25-13-6-3-11(4-7-13)17-23-16(26-24-17)10-21-18(27)22-15-8-5-12(19)9-14(15)20/h3-9H,2,10H2,1H3,(H2,21,22,27). The van der Waals surface area contributed by atoms with Gasteiger partial charge >= 0.3 is 0 Å². The molecule has 3 rings (SSSR count). The van der Waals surface area contributed by atoms with E-state index in [0.29, 0.717) is 22.8 Å². The van der Waals surface area contributed by atoms with Crippen LogP contribution in [0.2, 0.25) is 0 Å². The summed E-state index contributed by atoms with van der Waals surface area (Å²) in [6.07, 6.45) is 0. The molecule has 140 valence electrons. The second kappa shape index (κ2) is 8.92. The summed E-state index contributed by atoms with van der Waals surface area (Å²) < 4.78 is 25.1. The first-order valence-corrected chi connectivity index (χ1v) is 9.31. The summed E-state index contributed by atoms with van der Waals surface area (Å²) in [5.41, 5.74) is 1.09. The number of hydrogen-bond donors (Lipinski definition) is 2. The van der Waals surface area contributed by atoms with Crippen LogP contribution in [0.1, 0.15) is 12.8 Å². The van der Waals surface area contributed by atoms with Crippen LogP contribution >= 0.6 is 28.1 Å². The van der Waals surface area contributed by atoms with Gasteiger partial charge in [0, 0.05) is 10.0 Å². The first-order chi connectivity index (χ1) is 13.0. The van der Waals surface area contributed by atoms with E-state index in [2.05, 4.69) is 36.7 Å². The third-order valence-corrected chi connectivity index (χ3v) is 4.21. The van der Waals surface area contributed by atoms with Gasteiger partial charge in [0.25, 0.3) is 0 Å². The zero-order chi connectivity index (χ0) is 19.2. The summed E-state index contributed by atoms with van der Waals surface area (Å²) in [5.74, 6) is 1.19. The highest BCUT2D eigenvalue weighted by atomic mass is 79.9. The van der Waals surface area contributed by atoms with Crippen LogP contribution in [0.5, 0.6) is 5.75 Å². The molecule has 6 nitrogen and oxygen atoms in total. The molecule has 1 aromatic heterocycles. The van der Waals surface area contributed by atoms with E-state index in [1.54, 1.807) is 12.1 Å². The molecule has 0 aliphatic carbocycles. The molecule has 0 amide bonds. The summed E-state index contributed by atoms with van der Waals surface area (Å²) in [5, 5.41) is 9.89. The predicted octanol–water partition coefficient (Wildman–Crippen LogP) is 4.52. The maximum atomic E-state index is 13.8. The fourth-order valence-corrected chi connectivity index (χ4v) is 2.74. The van der Waals surface area contributed by atoms with Crippen LogP contribution in [-0.4, -0.2) is 21.9 Å². The average Bonchev–Trinajstić information content (AvgIpc) is 3.12. The van der Waals surface area contributed by atoms with Crippen LogP contribution < -0.4 is 15.4 Å². The molecule has 0 saturated heterocycles. The second-order valence-corrected chi connectivity index (χ2v) is 6.72. The Hall–Kier alpha value is -2.52. The lowest BCUT2D eigenvalue weighted by atomic mass is 10.2. The van der Waals surface area contributed by atoms with Crippen molar-refractivity contribution in [2.24, 2.45) is 0 Å². The molecule has 0 spiro atoms. The SMILES string of the molecule is CCOc1ccc(-c2noc(CNC(=S)Nc3ccc(Br)cc3F)n2)cc1. The van der Waals surface area contributed by atoms with Crippen molar-refractivity contribution in [3.05, 3.63) is 58.6 Å². The maximum absolute atomic E-state index is 13.8. The Labute approximate surface area is 169 Å². The largest absolute Gasteiger partial charge is 0.494 e. The minimum Gasteiger partial charge on any atom is -0.494 e. The molecule has 0 unspecified atom stereocenters. The number of nitrogens with zero attached hydrogens (tertiary/aromatic N) is 2. The van der Waals surface area contributed by atoms with Gasteiger partial charge < -0.3 is 19.9 Å². The third kappa shape index (κ3) is 5.24. The molecule has 0 bridgehead atoms. The van der Waals surface area contributed by atoms with E-state index < -0.39 is 5.82 Å². The first kappa shape index (κ1) is 19.2. The minimum absolute atomic E-state index is 0.216. The fraction of sp³-hybridized carbons (Fsp3) is 0.167. The Morgan fingerprint density at radius 2 is 2.04 bits per heavy atom. The average molecular weight is 451 g/mol. The summed E-state index contributed by atoms with van der Waals surface area (Å²) >= 11 is 8.37. The normalized spacial score (nSPS) is 10.5. The summed E-state index contributed by atoms with van der Waals surface area (Å²) in [4.78, 5) is 4.32. The number of aromatic nitrogens is 2. The van der Waals surface area contributed by atoms with E-state index in [1.807, 2.05) is 31.2 Å². The predicted molar refractivity (Wildman–Crippen MR) is 108 cm³/mol. The molecule has 2 N–H and O–H groups in total. The first-order valence-electron chi connectivity index (χ1n) is 8.11. The van der Waals surface area contributed by atoms with Gasteiger partial charge in [-0.2, -0.15) is 4.98 Å². The molecule has 0 radical (unpaired) electrons. The molecule has 9 heteroatoms. The number of hydrogen-bond acceptors (Lipinski definition) is 5. The van der Waals surface area contributed by atoms with Gasteiger partial charge in [-0.1, -0.05) is 21.1 Å². The molecular formula is C18H16BrFN4O2S. The molecule has 0 saturated carbocycles. The third-order valence-electron chi connectivity index (χ3n) is 3.47. The lowest BCUT2D eigenvalue weighted by Crippen LogP contribution is -2.28. The fourth-order valence-electron chi connectivity index (χ4n) is 2.22. The second-order valence-electron chi connectivity index (χ2n) is 5.40. The molecule has 1 heterocycles. The monoisotopic (exact) mass is 450 g/mol. The topological polar surface area (TPSA) is 72.2 Å². The Morgan fingerprint density at radius 3 is 2.74 bits per heavy atom. The van der Waals surface area contributed by atoms with Crippen LogP contribution in [0, 0.1) is 5.82 Å². The molecule has 0 atom stereocenters. The number of halogens is 2. The van der Waals surface area contributed by atoms with Crippen molar-refractivity contribution in [2.45, 2.75) is 13.5 Å². The van der Waals surface area contributed by atoms with E-state index in [9.17, 15) is 4.39 Å². The van der Waals surface area contributed by atoms with Crippen molar-refractivity contribution in [3.8, 4) is 17.1 Å². The Kier molecular flexibility index (Phi) is 6.36. The van der Waals surface area contributed by atoms with Gasteiger partial charge in [0.15, 0.2) is 5.11 Å². The molecule has 3 aromatic rings. The summed E-state index contributed by atoms with van der Waals surface area (Å²) in [7, 11) is 0. The number of anilines is 1. The van der Waals surface area contributed by atoms with Crippen LogP contribution in [0.4, 0.5) is 10.1 Å².